The molecular formula is C18H26N2O2. The molecule has 22 heavy (non-hydrogen) atoms. The van der Waals surface area contributed by atoms with E-state index in [-0.39, 0.29) is 18.2 Å². The van der Waals surface area contributed by atoms with Gasteiger partial charge >= 0.3 is 0 Å². The van der Waals surface area contributed by atoms with Gasteiger partial charge in [-0.25, -0.2) is 0 Å². The van der Waals surface area contributed by atoms with Crippen LogP contribution in [0.5, 0.6) is 0 Å². The van der Waals surface area contributed by atoms with Gasteiger partial charge < -0.3 is 10.2 Å². The summed E-state index contributed by atoms with van der Waals surface area (Å²) in [6, 6.07) is 6.22. The first kappa shape index (κ1) is 16.5. The molecular weight excluding hydrogens is 276 g/mol. The van der Waals surface area contributed by atoms with Crippen LogP contribution >= 0.6 is 0 Å². The van der Waals surface area contributed by atoms with E-state index in [9.17, 15) is 9.59 Å². The highest BCUT2D eigenvalue weighted by molar-refractivity contribution is 6.04. The second-order valence-electron chi connectivity index (χ2n) is 6.19. The molecule has 0 spiro atoms. The van der Waals surface area contributed by atoms with Crippen molar-refractivity contribution in [3.05, 3.63) is 29.3 Å². The number of carbonyl (C=O) groups is 2. The van der Waals surface area contributed by atoms with Crippen LogP contribution in [-0.2, 0) is 9.59 Å². The van der Waals surface area contributed by atoms with E-state index in [0.29, 0.717) is 6.04 Å². The molecule has 1 aliphatic heterocycles. The standard InChI is InChI=1S/C18H26N2O2/c1-4-15-7-5-6-10-20(15)18(22)12-17(21)19-16-11-13(2)8-9-14(16)3/h8-9,11,15H,4-7,10,12H2,1-3H3,(H,19,21). The molecule has 120 valence electrons. The maximum absolute atomic E-state index is 12.4. The second kappa shape index (κ2) is 7.43. The second-order valence-corrected chi connectivity index (χ2v) is 6.19. The Kier molecular flexibility index (Phi) is 5.58. The fourth-order valence-electron chi connectivity index (χ4n) is 3.06. The number of benzene rings is 1. The Hall–Kier alpha value is -1.84. The van der Waals surface area contributed by atoms with Gasteiger partial charge in [-0.3, -0.25) is 9.59 Å². The minimum Gasteiger partial charge on any atom is -0.339 e. The van der Waals surface area contributed by atoms with Crippen LogP contribution < -0.4 is 5.32 Å². The maximum Gasteiger partial charge on any atom is 0.233 e. The third-order valence-electron chi connectivity index (χ3n) is 4.40. The Bertz CT molecular complexity index is 554. The van der Waals surface area contributed by atoms with E-state index in [0.717, 1.165) is 42.6 Å². The summed E-state index contributed by atoms with van der Waals surface area (Å²) >= 11 is 0. The Morgan fingerprint density at radius 3 is 2.77 bits per heavy atom. The lowest BCUT2D eigenvalue weighted by molar-refractivity contribution is -0.137. The minimum absolute atomic E-state index is 0.0469. The molecule has 1 heterocycles. The van der Waals surface area contributed by atoms with E-state index in [1.807, 2.05) is 36.9 Å². The molecule has 1 N–H and O–H groups in total. The van der Waals surface area contributed by atoms with Crippen molar-refractivity contribution in [2.75, 3.05) is 11.9 Å². The van der Waals surface area contributed by atoms with Crippen molar-refractivity contribution < 1.29 is 9.59 Å². The molecule has 1 atom stereocenters. The van der Waals surface area contributed by atoms with Crippen molar-refractivity contribution in [2.24, 2.45) is 0 Å². The molecule has 2 amide bonds. The number of rotatable bonds is 4. The number of hydrogen-bond acceptors (Lipinski definition) is 2. The highest BCUT2D eigenvalue weighted by atomic mass is 16.2. The van der Waals surface area contributed by atoms with Crippen LogP contribution in [0.15, 0.2) is 18.2 Å². The van der Waals surface area contributed by atoms with Crippen molar-refractivity contribution in [1.29, 1.82) is 0 Å². The first-order valence-electron chi connectivity index (χ1n) is 8.18. The van der Waals surface area contributed by atoms with Gasteiger partial charge in [0.2, 0.25) is 11.8 Å². The van der Waals surface area contributed by atoms with Crippen molar-refractivity contribution in [3.8, 4) is 0 Å². The van der Waals surface area contributed by atoms with E-state index >= 15 is 0 Å². The number of nitrogens with zero attached hydrogens (tertiary/aromatic N) is 1. The number of hydrogen-bond donors (Lipinski definition) is 1. The number of likely N-dealkylation sites (tertiary alicyclic amines) is 1. The number of amides is 2. The number of aryl methyl sites for hydroxylation is 2. The lowest BCUT2D eigenvalue weighted by atomic mass is 9.99. The summed E-state index contributed by atoms with van der Waals surface area (Å²) in [5.41, 5.74) is 2.90. The smallest absolute Gasteiger partial charge is 0.233 e. The van der Waals surface area contributed by atoms with Gasteiger partial charge in [-0.1, -0.05) is 19.1 Å². The zero-order chi connectivity index (χ0) is 16.1. The van der Waals surface area contributed by atoms with E-state index < -0.39 is 0 Å². The van der Waals surface area contributed by atoms with Gasteiger partial charge in [-0.2, -0.15) is 0 Å². The summed E-state index contributed by atoms with van der Waals surface area (Å²) in [5.74, 6) is -0.270. The number of anilines is 1. The predicted molar refractivity (Wildman–Crippen MR) is 88.8 cm³/mol. The molecule has 0 radical (unpaired) electrons. The Balaban J connectivity index is 1.96. The molecule has 0 saturated carbocycles. The first-order valence-corrected chi connectivity index (χ1v) is 8.18. The van der Waals surface area contributed by atoms with E-state index in [4.69, 9.17) is 0 Å². The molecule has 0 bridgehead atoms. The minimum atomic E-state index is -0.223. The third kappa shape index (κ3) is 4.09. The lowest BCUT2D eigenvalue weighted by Gasteiger charge is -2.35. The summed E-state index contributed by atoms with van der Waals surface area (Å²) in [6.45, 7) is 6.83. The topological polar surface area (TPSA) is 49.4 Å². The normalized spacial score (nSPS) is 18.1. The van der Waals surface area contributed by atoms with Crippen molar-refractivity contribution in [3.63, 3.8) is 0 Å². The molecule has 4 heteroatoms. The molecule has 0 aromatic heterocycles. The van der Waals surface area contributed by atoms with Gasteiger partial charge in [-0.15, -0.1) is 0 Å². The van der Waals surface area contributed by atoms with Crippen molar-refractivity contribution in [1.82, 2.24) is 4.90 Å². The quantitative estimate of drug-likeness (QED) is 0.866. The maximum atomic E-state index is 12.4. The summed E-state index contributed by atoms with van der Waals surface area (Å²) in [6.07, 6.45) is 4.17. The SMILES string of the molecule is CCC1CCCCN1C(=O)CC(=O)Nc1cc(C)ccc1C. The summed E-state index contributed by atoms with van der Waals surface area (Å²) in [4.78, 5) is 26.4. The Morgan fingerprint density at radius 2 is 2.05 bits per heavy atom. The number of nitrogens with one attached hydrogen (secondary N) is 1. The number of piperidine rings is 1. The molecule has 0 aliphatic carbocycles. The Labute approximate surface area is 132 Å². The lowest BCUT2D eigenvalue weighted by Crippen LogP contribution is -2.44. The first-order chi connectivity index (χ1) is 10.5. The van der Waals surface area contributed by atoms with E-state index in [1.54, 1.807) is 0 Å². The fraction of sp³-hybridized carbons (Fsp3) is 0.556. The molecule has 4 nitrogen and oxygen atoms in total. The van der Waals surface area contributed by atoms with Crippen LogP contribution in [-0.4, -0.2) is 29.3 Å². The number of carbonyl (C=O) groups excluding carboxylic acids is 2. The van der Waals surface area contributed by atoms with Gasteiger partial charge in [0.1, 0.15) is 6.42 Å². The molecule has 1 aliphatic rings. The molecule has 1 aromatic rings. The van der Waals surface area contributed by atoms with Gasteiger partial charge in [0.25, 0.3) is 0 Å². The van der Waals surface area contributed by atoms with E-state index in [2.05, 4.69) is 12.2 Å². The zero-order valence-electron chi connectivity index (χ0n) is 13.8. The third-order valence-corrected chi connectivity index (χ3v) is 4.40. The molecule has 1 aromatic carbocycles. The highest BCUT2D eigenvalue weighted by Gasteiger charge is 2.26. The van der Waals surface area contributed by atoms with E-state index in [1.165, 1.54) is 6.42 Å². The molecule has 1 saturated heterocycles. The fourth-order valence-corrected chi connectivity index (χ4v) is 3.06. The van der Waals surface area contributed by atoms with Crippen LogP contribution in [0.4, 0.5) is 5.69 Å². The summed E-state index contributed by atoms with van der Waals surface area (Å²) in [7, 11) is 0. The van der Waals surface area contributed by atoms with Crippen molar-refractivity contribution in [2.45, 2.75) is 58.9 Å². The van der Waals surface area contributed by atoms with Crippen LogP contribution in [0.3, 0.4) is 0 Å². The van der Waals surface area contributed by atoms with Gasteiger partial charge in [0, 0.05) is 18.3 Å². The average Bonchev–Trinajstić information content (AvgIpc) is 2.50. The van der Waals surface area contributed by atoms with Crippen LogP contribution in [0.2, 0.25) is 0 Å². The molecule has 1 fully saturated rings. The zero-order valence-corrected chi connectivity index (χ0v) is 13.8. The van der Waals surface area contributed by atoms with Crippen LogP contribution in [0.1, 0.15) is 50.2 Å². The Morgan fingerprint density at radius 1 is 1.27 bits per heavy atom. The molecule has 1 unspecified atom stereocenters. The van der Waals surface area contributed by atoms with Gasteiger partial charge in [0.15, 0.2) is 0 Å². The monoisotopic (exact) mass is 302 g/mol. The van der Waals surface area contributed by atoms with Crippen molar-refractivity contribution >= 4 is 17.5 Å². The van der Waals surface area contributed by atoms with Crippen LogP contribution in [0, 0.1) is 13.8 Å². The predicted octanol–water partition coefficient (Wildman–Crippen LogP) is 3.42. The molecule has 2 rings (SSSR count). The highest BCUT2D eigenvalue weighted by Crippen LogP contribution is 2.21. The van der Waals surface area contributed by atoms with Gasteiger partial charge in [0.05, 0.1) is 0 Å². The van der Waals surface area contributed by atoms with Gasteiger partial charge in [-0.05, 0) is 56.7 Å². The largest absolute Gasteiger partial charge is 0.339 e. The van der Waals surface area contributed by atoms with Crippen LogP contribution in [0.25, 0.3) is 0 Å². The average molecular weight is 302 g/mol. The summed E-state index contributed by atoms with van der Waals surface area (Å²) < 4.78 is 0. The summed E-state index contributed by atoms with van der Waals surface area (Å²) in [5, 5.41) is 2.87.